The van der Waals surface area contributed by atoms with Gasteiger partial charge in [-0.25, -0.2) is 8.78 Å². The molecule has 0 aromatic rings. The van der Waals surface area contributed by atoms with Crippen molar-refractivity contribution in [3.63, 3.8) is 0 Å². The second-order valence-corrected chi connectivity index (χ2v) is 5.94. The fraction of sp³-hybridized carbons (Fsp3) is 0.938. The summed E-state index contributed by atoms with van der Waals surface area (Å²) in [6.07, 6.45) is 2.27. The Morgan fingerprint density at radius 3 is 2.27 bits per heavy atom. The highest BCUT2D eigenvalue weighted by atomic mass is 19.3. The predicted molar refractivity (Wildman–Crippen MR) is 87.3 cm³/mol. The lowest BCUT2D eigenvalue weighted by molar-refractivity contribution is -0.131. The number of piperidine rings is 2. The van der Waals surface area contributed by atoms with E-state index in [2.05, 4.69) is 17.1 Å². The third-order valence-corrected chi connectivity index (χ3v) is 4.53. The number of nitrogens with one attached hydrogen (secondary N) is 1. The van der Waals surface area contributed by atoms with Crippen LogP contribution in [0.1, 0.15) is 48.4 Å². The highest BCUT2D eigenvalue weighted by Gasteiger charge is 2.46. The van der Waals surface area contributed by atoms with Crippen LogP contribution in [0, 0.1) is 0 Å². The van der Waals surface area contributed by atoms with Crippen LogP contribution in [-0.2, 0) is 4.79 Å². The molecule has 22 heavy (non-hydrogen) atoms. The lowest BCUT2D eigenvalue weighted by atomic mass is 9.95. The monoisotopic (exact) mass is 321 g/mol. The highest BCUT2D eigenvalue weighted by Crippen LogP contribution is 2.30. The van der Waals surface area contributed by atoms with E-state index in [0.717, 1.165) is 32.5 Å². The largest absolute Gasteiger partial charge is 0.347 e. The second-order valence-electron chi connectivity index (χ2n) is 5.94. The number of nitrogens with zero attached hydrogens (tertiary/aromatic N) is 2. The SMILES string of the molecule is CC.CCN1CCC(N2CCC(NC(C)=O)C(F)(F)C2)CC1.[HH]. The van der Waals surface area contributed by atoms with E-state index in [1.54, 1.807) is 0 Å². The van der Waals surface area contributed by atoms with Gasteiger partial charge in [0, 0.05) is 20.9 Å². The quantitative estimate of drug-likeness (QED) is 0.868. The van der Waals surface area contributed by atoms with Crippen LogP contribution in [0.4, 0.5) is 8.78 Å². The zero-order valence-corrected chi connectivity index (χ0v) is 14.4. The lowest BCUT2D eigenvalue weighted by Gasteiger charge is -2.44. The molecule has 0 radical (unpaired) electrons. The fourth-order valence-electron chi connectivity index (χ4n) is 3.30. The first-order valence-electron chi connectivity index (χ1n) is 8.53. The molecular weight excluding hydrogens is 288 g/mol. The Kier molecular flexibility index (Phi) is 7.69. The smallest absolute Gasteiger partial charge is 0.280 e. The Morgan fingerprint density at radius 1 is 1.23 bits per heavy atom. The number of carbonyl (C=O) groups excluding carboxylic acids is 1. The Morgan fingerprint density at radius 2 is 1.82 bits per heavy atom. The normalized spacial score (nSPS) is 26.9. The first-order valence-corrected chi connectivity index (χ1v) is 8.53. The molecule has 6 heteroatoms. The number of rotatable bonds is 3. The van der Waals surface area contributed by atoms with E-state index in [1.165, 1.54) is 6.92 Å². The maximum atomic E-state index is 14.1. The van der Waals surface area contributed by atoms with Crippen molar-refractivity contribution in [2.24, 2.45) is 0 Å². The number of amides is 1. The summed E-state index contributed by atoms with van der Waals surface area (Å²) in [6.45, 7) is 10.9. The molecule has 132 valence electrons. The van der Waals surface area contributed by atoms with Crippen LogP contribution in [0.15, 0.2) is 0 Å². The summed E-state index contributed by atoms with van der Waals surface area (Å²) in [7, 11) is 0. The number of hydrogen-bond acceptors (Lipinski definition) is 3. The Balaban J connectivity index is 0.00000155. The molecule has 0 bridgehead atoms. The predicted octanol–water partition coefficient (Wildman–Crippen LogP) is 2.59. The van der Waals surface area contributed by atoms with Gasteiger partial charge in [0.2, 0.25) is 5.91 Å². The summed E-state index contributed by atoms with van der Waals surface area (Å²) in [5.74, 6) is -3.20. The van der Waals surface area contributed by atoms with Gasteiger partial charge in [0.1, 0.15) is 0 Å². The zero-order valence-electron chi connectivity index (χ0n) is 14.4. The maximum Gasteiger partial charge on any atom is 0.280 e. The number of carbonyl (C=O) groups is 1. The molecule has 4 nitrogen and oxygen atoms in total. The van der Waals surface area contributed by atoms with E-state index < -0.39 is 12.0 Å². The Labute approximate surface area is 134 Å². The fourth-order valence-corrected chi connectivity index (χ4v) is 3.30. The summed E-state index contributed by atoms with van der Waals surface area (Å²) in [5.41, 5.74) is 0. The van der Waals surface area contributed by atoms with Crippen molar-refractivity contribution >= 4 is 5.91 Å². The van der Waals surface area contributed by atoms with Gasteiger partial charge in [0.05, 0.1) is 12.6 Å². The lowest BCUT2D eigenvalue weighted by Crippen LogP contribution is -2.60. The van der Waals surface area contributed by atoms with Crippen molar-refractivity contribution < 1.29 is 15.0 Å². The molecule has 2 aliphatic rings. The van der Waals surface area contributed by atoms with Gasteiger partial charge in [0.15, 0.2) is 0 Å². The highest BCUT2D eigenvalue weighted by molar-refractivity contribution is 5.73. The van der Waals surface area contributed by atoms with Crippen LogP contribution in [0.5, 0.6) is 0 Å². The van der Waals surface area contributed by atoms with Crippen molar-refractivity contribution in [3.05, 3.63) is 0 Å². The molecule has 0 saturated carbocycles. The van der Waals surface area contributed by atoms with Gasteiger partial charge in [-0.05, 0) is 38.9 Å². The van der Waals surface area contributed by atoms with E-state index in [1.807, 2.05) is 18.7 Å². The van der Waals surface area contributed by atoms with Crippen molar-refractivity contribution in [1.82, 2.24) is 15.1 Å². The molecule has 1 N–H and O–H groups in total. The molecule has 2 rings (SSSR count). The number of likely N-dealkylation sites (tertiary alicyclic amines) is 2. The molecule has 0 aliphatic carbocycles. The molecular formula is C16H33F2N3O. The Hall–Kier alpha value is -0.750. The van der Waals surface area contributed by atoms with Gasteiger partial charge in [-0.15, -0.1) is 0 Å². The van der Waals surface area contributed by atoms with Crippen LogP contribution >= 0.6 is 0 Å². The average molecular weight is 321 g/mol. The first kappa shape index (κ1) is 19.3. The summed E-state index contributed by atoms with van der Waals surface area (Å²) in [5, 5.41) is 2.39. The summed E-state index contributed by atoms with van der Waals surface area (Å²) >= 11 is 0. The first-order chi connectivity index (χ1) is 10.4. The average Bonchev–Trinajstić information content (AvgIpc) is 2.51. The van der Waals surface area contributed by atoms with E-state index in [-0.39, 0.29) is 19.9 Å². The van der Waals surface area contributed by atoms with Crippen LogP contribution in [-0.4, -0.2) is 66.4 Å². The molecule has 0 spiro atoms. The molecule has 2 aliphatic heterocycles. The molecule has 1 atom stereocenters. The maximum absolute atomic E-state index is 14.1. The van der Waals surface area contributed by atoms with E-state index in [4.69, 9.17) is 0 Å². The van der Waals surface area contributed by atoms with E-state index >= 15 is 0 Å². The minimum Gasteiger partial charge on any atom is -0.347 e. The molecule has 0 aromatic carbocycles. The summed E-state index contributed by atoms with van der Waals surface area (Å²) < 4.78 is 28.2. The standard InChI is InChI=1S/C14H25F2N3O.C2H6.H2/c1-3-18-7-4-12(5-8-18)19-9-6-13(17-11(2)20)14(15,16)10-19;1-2;/h12-13H,3-10H2,1-2H3,(H,17,20);1-2H3;1H. The number of alkyl halides is 2. The van der Waals surface area contributed by atoms with Crippen molar-refractivity contribution in [1.29, 1.82) is 0 Å². The molecule has 1 amide bonds. The van der Waals surface area contributed by atoms with E-state index in [9.17, 15) is 13.6 Å². The van der Waals surface area contributed by atoms with Crippen LogP contribution in [0.25, 0.3) is 0 Å². The minimum absolute atomic E-state index is 0. The third kappa shape index (κ3) is 5.16. The van der Waals surface area contributed by atoms with Crippen molar-refractivity contribution in [2.75, 3.05) is 32.7 Å². The van der Waals surface area contributed by atoms with Gasteiger partial charge in [-0.2, -0.15) is 0 Å². The summed E-state index contributed by atoms with van der Waals surface area (Å²) in [6, 6.07) is -0.742. The van der Waals surface area contributed by atoms with Crippen molar-refractivity contribution in [3.8, 4) is 0 Å². The topological polar surface area (TPSA) is 35.6 Å². The Bertz CT molecular complexity index is 350. The molecule has 1 unspecified atom stereocenters. The summed E-state index contributed by atoms with van der Waals surface area (Å²) in [4.78, 5) is 15.3. The minimum atomic E-state index is -2.83. The molecule has 2 saturated heterocycles. The molecule has 2 heterocycles. The molecule has 2 fully saturated rings. The van der Waals surface area contributed by atoms with Crippen LogP contribution < -0.4 is 5.32 Å². The van der Waals surface area contributed by atoms with Crippen LogP contribution in [0.2, 0.25) is 0 Å². The van der Waals surface area contributed by atoms with Gasteiger partial charge in [-0.1, -0.05) is 20.8 Å². The third-order valence-electron chi connectivity index (χ3n) is 4.53. The van der Waals surface area contributed by atoms with Gasteiger partial charge < -0.3 is 10.2 Å². The number of halogens is 2. The molecule has 0 aromatic heterocycles. The zero-order chi connectivity index (χ0) is 16.8. The number of hydrogen-bond donors (Lipinski definition) is 1. The van der Waals surface area contributed by atoms with Crippen LogP contribution in [0.3, 0.4) is 0 Å². The van der Waals surface area contributed by atoms with Crippen molar-refractivity contribution in [2.45, 2.75) is 65.0 Å². The van der Waals surface area contributed by atoms with E-state index in [0.29, 0.717) is 13.0 Å². The van der Waals surface area contributed by atoms with Gasteiger partial charge in [-0.3, -0.25) is 9.69 Å². The van der Waals surface area contributed by atoms with Gasteiger partial charge >= 0.3 is 0 Å². The van der Waals surface area contributed by atoms with Gasteiger partial charge in [0.25, 0.3) is 5.92 Å². The second kappa shape index (κ2) is 8.77.